The van der Waals surface area contributed by atoms with Crippen LogP contribution in [0.25, 0.3) is 0 Å². The van der Waals surface area contributed by atoms with Crippen LogP contribution in [0, 0.1) is 5.82 Å². The van der Waals surface area contributed by atoms with Crippen LogP contribution in [0.5, 0.6) is 0 Å². The van der Waals surface area contributed by atoms with Crippen LogP contribution < -0.4 is 10.6 Å². The molecule has 0 heterocycles. The lowest BCUT2D eigenvalue weighted by Crippen LogP contribution is -2.33. The van der Waals surface area contributed by atoms with Gasteiger partial charge in [-0.3, -0.25) is 4.79 Å². The number of halogens is 1. The first-order chi connectivity index (χ1) is 7.13. The fraction of sp³-hybridized carbons (Fsp3) is 0.364. The quantitative estimate of drug-likeness (QED) is 0.784. The van der Waals surface area contributed by atoms with E-state index < -0.39 is 0 Å². The van der Waals surface area contributed by atoms with Crippen molar-refractivity contribution in [1.29, 1.82) is 0 Å². The van der Waals surface area contributed by atoms with Gasteiger partial charge in [0.25, 0.3) is 0 Å². The van der Waals surface area contributed by atoms with Gasteiger partial charge in [-0.15, -0.1) is 0 Å². The summed E-state index contributed by atoms with van der Waals surface area (Å²) < 4.78 is 12.9. The highest BCUT2D eigenvalue weighted by Crippen LogP contribution is 2.12. The highest BCUT2D eigenvalue weighted by Gasteiger charge is 2.08. The van der Waals surface area contributed by atoms with Crippen LogP contribution >= 0.6 is 0 Å². The summed E-state index contributed by atoms with van der Waals surface area (Å²) >= 11 is 0. The SMILES string of the molecule is CNCC(=O)N[C@@H](C)c1cccc(F)c1. The number of rotatable bonds is 4. The van der Waals surface area contributed by atoms with Gasteiger partial charge in [-0.2, -0.15) is 0 Å². The maximum Gasteiger partial charge on any atom is 0.234 e. The van der Waals surface area contributed by atoms with Gasteiger partial charge in [-0.05, 0) is 31.7 Å². The zero-order chi connectivity index (χ0) is 11.3. The van der Waals surface area contributed by atoms with Crippen molar-refractivity contribution in [2.24, 2.45) is 0 Å². The Morgan fingerprint density at radius 2 is 2.27 bits per heavy atom. The molecule has 2 N–H and O–H groups in total. The molecule has 0 spiro atoms. The summed E-state index contributed by atoms with van der Waals surface area (Å²) in [5.74, 6) is -0.392. The molecule has 0 bridgehead atoms. The first-order valence-electron chi connectivity index (χ1n) is 4.83. The van der Waals surface area contributed by atoms with Crippen molar-refractivity contribution >= 4 is 5.91 Å². The number of hydrogen-bond donors (Lipinski definition) is 2. The summed E-state index contributed by atoms with van der Waals surface area (Å²) in [6, 6.07) is 6.04. The first-order valence-corrected chi connectivity index (χ1v) is 4.83. The van der Waals surface area contributed by atoms with Crippen LogP contribution in [-0.2, 0) is 4.79 Å². The molecule has 1 aromatic rings. The third kappa shape index (κ3) is 3.67. The molecule has 1 rings (SSSR count). The molecule has 1 amide bonds. The van der Waals surface area contributed by atoms with E-state index in [-0.39, 0.29) is 24.3 Å². The number of carbonyl (C=O) groups is 1. The lowest BCUT2D eigenvalue weighted by molar-refractivity contribution is -0.120. The topological polar surface area (TPSA) is 41.1 Å². The Bertz CT molecular complexity index is 341. The molecule has 0 saturated heterocycles. The summed E-state index contributed by atoms with van der Waals surface area (Å²) in [4.78, 5) is 11.2. The maximum atomic E-state index is 12.9. The van der Waals surface area contributed by atoms with E-state index in [1.165, 1.54) is 12.1 Å². The van der Waals surface area contributed by atoms with Crippen LogP contribution in [0.15, 0.2) is 24.3 Å². The molecule has 3 nitrogen and oxygen atoms in total. The molecule has 0 aliphatic heterocycles. The van der Waals surface area contributed by atoms with E-state index in [1.54, 1.807) is 19.2 Å². The Kier molecular flexibility index (Phi) is 4.24. The van der Waals surface area contributed by atoms with Gasteiger partial charge in [0.05, 0.1) is 12.6 Å². The van der Waals surface area contributed by atoms with Crippen LogP contribution in [0.3, 0.4) is 0 Å². The Morgan fingerprint density at radius 3 is 2.87 bits per heavy atom. The van der Waals surface area contributed by atoms with Crippen molar-refractivity contribution < 1.29 is 9.18 Å². The molecule has 0 aliphatic rings. The van der Waals surface area contributed by atoms with E-state index >= 15 is 0 Å². The zero-order valence-electron chi connectivity index (χ0n) is 8.88. The van der Waals surface area contributed by atoms with Gasteiger partial charge in [0, 0.05) is 0 Å². The van der Waals surface area contributed by atoms with E-state index in [9.17, 15) is 9.18 Å². The molecule has 15 heavy (non-hydrogen) atoms. The summed E-state index contributed by atoms with van der Waals surface area (Å²) in [6.07, 6.45) is 0. The first kappa shape index (κ1) is 11.7. The van der Waals surface area contributed by atoms with Gasteiger partial charge >= 0.3 is 0 Å². The van der Waals surface area contributed by atoms with Crippen molar-refractivity contribution in [2.75, 3.05) is 13.6 Å². The van der Waals surface area contributed by atoms with Crippen LogP contribution in [-0.4, -0.2) is 19.5 Å². The summed E-state index contributed by atoms with van der Waals surface area (Å²) in [5, 5.41) is 5.51. The average Bonchev–Trinajstić information content (AvgIpc) is 2.18. The minimum atomic E-state index is -0.290. The molecular weight excluding hydrogens is 195 g/mol. The van der Waals surface area contributed by atoms with Crippen molar-refractivity contribution in [3.63, 3.8) is 0 Å². The highest BCUT2D eigenvalue weighted by atomic mass is 19.1. The second-order valence-corrected chi connectivity index (χ2v) is 3.37. The standard InChI is InChI=1S/C11H15FN2O/c1-8(14-11(15)7-13-2)9-4-3-5-10(12)6-9/h3-6,8,13H,7H2,1-2H3,(H,14,15)/t8-/m0/s1. The number of nitrogens with one attached hydrogen (secondary N) is 2. The van der Waals surface area contributed by atoms with Gasteiger partial charge in [-0.1, -0.05) is 12.1 Å². The average molecular weight is 210 g/mol. The largest absolute Gasteiger partial charge is 0.348 e. The van der Waals surface area contributed by atoms with Crippen molar-refractivity contribution in [2.45, 2.75) is 13.0 Å². The smallest absolute Gasteiger partial charge is 0.234 e. The summed E-state index contributed by atoms with van der Waals surface area (Å²) in [7, 11) is 1.70. The molecule has 0 unspecified atom stereocenters. The van der Waals surface area contributed by atoms with E-state index in [1.807, 2.05) is 6.92 Å². The molecule has 82 valence electrons. The molecule has 1 aromatic carbocycles. The molecule has 4 heteroatoms. The minimum absolute atomic E-state index is 0.103. The molecule has 0 radical (unpaired) electrons. The third-order valence-corrected chi connectivity index (χ3v) is 2.06. The Balaban J connectivity index is 2.60. The zero-order valence-corrected chi connectivity index (χ0v) is 8.88. The number of amides is 1. The highest BCUT2D eigenvalue weighted by molar-refractivity contribution is 5.78. The number of likely N-dealkylation sites (N-methyl/N-ethyl adjacent to an activating group) is 1. The number of carbonyl (C=O) groups excluding carboxylic acids is 1. The van der Waals surface area contributed by atoms with Gasteiger partial charge in [0.1, 0.15) is 5.82 Å². The molecule has 0 saturated carbocycles. The van der Waals surface area contributed by atoms with Gasteiger partial charge in [0.15, 0.2) is 0 Å². The Hall–Kier alpha value is -1.42. The molecule has 1 atom stereocenters. The van der Waals surface area contributed by atoms with Gasteiger partial charge in [-0.25, -0.2) is 4.39 Å². The van der Waals surface area contributed by atoms with Crippen LogP contribution in [0.2, 0.25) is 0 Å². The predicted octanol–water partition coefficient (Wildman–Crippen LogP) is 1.22. The third-order valence-electron chi connectivity index (χ3n) is 2.06. The Labute approximate surface area is 88.7 Å². The van der Waals surface area contributed by atoms with Crippen LogP contribution in [0.4, 0.5) is 4.39 Å². The maximum absolute atomic E-state index is 12.9. The summed E-state index contributed by atoms with van der Waals surface area (Å²) in [6.45, 7) is 2.09. The van der Waals surface area contributed by atoms with Crippen molar-refractivity contribution in [3.05, 3.63) is 35.6 Å². The molecule has 0 fully saturated rings. The lowest BCUT2D eigenvalue weighted by Gasteiger charge is -2.14. The van der Waals surface area contributed by atoms with E-state index in [0.29, 0.717) is 0 Å². The predicted molar refractivity (Wildman–Crippen MR) is 56.9 cm³/mol. The van der Waals surface area contributed by atoms with E-state index in [0.717, 1.165) is 5.56 Å². The lowest BCUT2D eigenvalue weighted by atomic mass is 10.1. The van der Waals surface area contributed by atoms with Crippen molar-refractivity contribution in [3.8, 4) is 0 Å². The number of hydrogen-bond acceptors (Lipinski definition) is 2. The van der Waals surface area contributed by atoms with E-state index in [2.05, 4.69) is 10.6 Å². The fourth-order valence-electron chi connectivity index (χ4n) is 1.31. The number of benzene rings is 1. The fourth-order valence-corrected chi connectivity index (χ4v) is 1.31. The second-order valence-electron chi connectivity index (χ2n) is 3.37. The normalized spacial score (nSPS) is 12.2. The molecular formula is C11H15FN2O. The Morgan fingerprint density at radius 1 is 1.53 bits per heavy atom. The van der Waals surface area contributed by atoms with Crippen LogP contribution in [0.1, 0.15) is 18.5 Å². The van der Waals surface area contributed by atoms with E-state index in [4.69, 9.17) is 0 Å². The summed E-state index contributed by atoms with van der Waals surface area (Å²) in [5.41, 5.74) is 0.763. The monoisotopic (exact) mass is 210 g/mol. The van der Waals surface area contributed by atoms with Crippen molar-refractivity contribution in [1.82, 2.24) is 10.6 Å². The minimum Gasteiger partial charge on any atom is -0.348 e. The molecule has 0 aromatic heterocycles. The molecule has 0 aliphatic carbocycles. The van der Waals surface area contributed by atoms with Gasteiger partial charge < -0.3 is 10.6 Å². The second kappa shape index (κ2) is 5.46. The van der Waals surface area contributed by atoms with Gasteiger partial charge in [0.2, 0.25) is 5.91 Å².